The Balaban J connectivity index is 2.05. The summed E-state index contributed by atoms with van der Waals surface area (Å²) in [6.07, 6.45) is 53.1. The van der Waals surface area contributed by atoms with Gasteiger partial charge in [0.1, 0.15) is 24.4 Å². The van der Waals surface area contributed by atoms with E-state index >= 15 is 0 Å². The van der Waals surface area contributed by atoms with E-state index in [0.717, 1.165) is 38.5 Å². The number of hydrogen-bond donors (Lipinski definition) is 6. The highest BCUT2D eigenvalue weighted by Crippen LogP contribution is 2.24. The lowest BCUT2D eigenvalue weighted by atomic mass is 9.99. The standard InChI is InChI=1S/C59H117NO8/c1-3-5-7-9-11-13-15-17-18-19-20-21-22-23-24-25-26-27-28-29-30-31-32-33-34-35-36-37-39-41-43-45-47-49-55(63)60-52(51-67-59-58(66)57(65)56(64)54(50-61)68-59)53(62)48-46-44-42-40-38-16-14-12-10-8-6-4-2/h52-54,56-59,61-62,64-66H,3-51H2,1-2H3,(H,60,63). The summed E-state index contributed by atoms with van der Waals surface area (Å²) in [7, 11) is 0. The van der Waals surface area contributed by atoms with Crippen molar-refractivity contribution in [3.8, 4) is 0 Å². The van der Waals surface area contributed by atoms with Crippen LogP contribution in [-0.4, -0.2) is 87.5 Å². The molecule has 0 radical (unpaired) electrons. The van der Waals surface area contributed by atoms with E-state index in [9.17, 15) is 30.3 Å². The highest BCUT2D eigenvalue weighted by atomic mass is 16.7. The lowest BCUT2D eigenvalue weighted by Gasteiger charge is -2.40. The molecular weight excluding hydrogens is 851 g/mol. The molecular formula is C59H117NO8. The minimum atomic E-state index is -1.55. The van der Waals surface area contributed by atoms with Gasteiger partial charge in [-0.15, -0.1) is 0 Å². The Morgan fingerprint density at radius 3 is 1.04 bits per heavy atom. The fraction of sp³-hybridized carbons (Fsp3) is 0.983. The number of hydrogen-bond acceptors (Lipinski definition) is 8. The van der Waals surface area contributed by atoms with Crippen molar-refractivity contribution in [2.45, 2.75) is 358 Å². The first kappa shape index (κ1) is 65.2. The average Bonchev–Trinajstić information content (AvgIpc) is 3.34. The Morgan fingerprint density at radius 2 is 0.735 bits per heavy atom. The molecule has 0 spiro atoms. The average molecular weight is 969 g/mol. The molecule has 0 bridgehead atoms. The van der Waals surface area contributed by atoms with Crippen molar-refractivity contribution in [1.29, 1.82) is 0 Å². The molecule has 7 atom stereocenters. The van der Waals surface area contributed by atoms with Gasteiger partial charge in [-0.3, -0.25) is 4.79 Å². The van der Waals surface area contributed by atoms with Crippen LogP contribution in [0.4, 0.5) is 0 Å². The number of ether oxygens (including phenoxy) is 2. The van der Waals surface area contributed by atoms with E-state index < -0.39 is 49.5 Å². The Morgan fingerprint density at radius 1 is 0.441 bits per heavy atom. The molecule has 1 heterocycles. The summed E-state index contributed by atoms with van der Waals surface area (Å²) < 4.78 is 11.3. The van der Waals surface area contributed by atoms with E-state index in [0.29, 0.717) is 12.8 Å². The lowest BCUT2D eigenvalue weighted by molar-refractivity contribution is -0.302. The number of aliphatic hydroxyl groups is 5. The molecule has 0 aromatic heterocycles. The molecule has 1 rings (SSSR count). The molecule has 406 valence electrons. The number of amides is 1. The van der Waals surface area contributed by atoms with Crippen LogP contribution in [0.2, 0.25) is 0 Å². The molecule has 7 unspecified atom stereocenters. The van der Waals surface area contributed by atoms with E-state index in [2.05, 4.69) is 19.2 Å². The molecule has 0 saturated carbocycles. The van der Waals surface area contributed by atoms with E-state index in [1.165, 1.54) is 250 Å². The quantitative estimate of drug-likeness (QED) is 0.0330. The third kappa shape index (κ3) is 38.8. The first-order valence-corrected chi connectivity index (χ1v) is 30.2. The molecule has 68 heavy (non-hydrogen) atoms. The summed E-state index contributed by atoms with van der Waals surface area (Å²) in [6.45, 7) is 3.87. The molecule has 1 amide bonds. The maximum absolute atomic E-state index is 13.0. The monoisotopic (exact) mass is 968 g/mol. The van der Waals surface area contributed by atoms with Crippen LogP contribution in [0, 0.1) is 0 Å². The number of nitrogens with one attached hydrogen (secondary N) is 1. The molecule has 1 saturated heterocycles. The zero-order valence-corrected chi connectivity index (χ0v) is 45.2. The van der Waals surface area contributed by atoms with Crippen molar-refractivity contribution >= 4 is 5.91 Å². The van der Waals surface area contributed by atoms with Crippen molar-refractivity contribution in [3.05, 3.63) is 0 Å². The van der Waals surface area contributed by atoms with Crippen LogP contribution in [0.25, 0.3) is 0 Å². The lowest BCUT2D eigenvalue weighted by Crippen LogP contribution is -2.60. The van der Waals surface area contributed by atoms with Crippen LogP contribution in [0.5, 0.6) is 0 Å². The smallest absolute Gasteiger partial charge is 0.220 e. The molecule has 9 heteroatoms. The zero-order valence-electron chi connectivity index (χ0n) is 45.2. The summed E-state index contributed by atoms with van der Waals surface area (Å²) in [4.78, 5) is 13.0. The number of rotatable bonds is 53. The number of carbonyl (C=O) groups is 1. The largest absolute Gasteiger partial charge is 0.394 e. The summed E-state index contributed by atoms with van der Waals surface area (Å²) in [5.74, 6) is -0.137. The van der Waals surface area contributed by atoms with Crippen molar-refractivity contribution in [2.75, 3.05) is 13.2 Å². The van der Waals surface area contributed by atoms with Gasteiger partial charge in [0.2, 0.25) is 5.91 Å². The predicted octanol–water partition coefficient (Wildman–Crippen LogP) is 15.0. The first-order chi connectivity index (χ1) is 33.3. The number of unbranched alkanes of at least 4 members (excludes halogenated alkanes) is 43. The summed E-state index contributed by atoms with van der Waals surface area (Å²) in [5.41, 5.74) is 0. The van der Waals surface area contributed by atoms with Crippen molar-refractivity contribution < 1.29 is 39.8 Å². The highest BCUT2D eigenvalue weighted by Gasteiger charge is 2.44. The van der Waals surface area contributed by atoms with Crippen LogP contribution in [0.15, 0.2) is 0 Å². The number of aliphatic hydroxyl groups excluding tert-OH is 5. The summed E-state index contributed by atoms with van der Waals surface area (Å²) in [6, 6.07) is -0.712. The highest BCUT2D eigenvalue weighted by molar-refractivity contribution is 5.76. The second-order valence-electron chi connectivity index (χ2n) is 21.5. The van der Waals surface area contributed by atoms with Gasteiger partial charge in [0, 0.05) is 6.42 Å². The molecule has 0 aromatic carbocycles. The molecule has 6 N–H and O–H groups in total. The van der Waals surface area contributed by atoms with Gasteiger partial charge in [-0.2, -0.15) is 0 Å². The Kier molecular flexibility index (Phi) is 47.7. The predicted molar refractivity (Wildman–Crippen MR) is 286 cm³/mol. The summed E-state index contributed by atoms with van der Waals surface area (Å²) in [5, 5.41) is 54.5. The molecule has 9 nitrogen and oxygen atoms in total. The van der Waals surface area contributed by atoms with E-state index in [-0.39, 0.29) is 12.5 Å². The van der Waals surface area contributed by atoms with Crippen LogP contribution < -0.4 is 5.32 Å². The molecule has 0 aliphatic carbocycles. The van der Waals surface area contributed by atoms with Crippen molar-refractivity contribution in [3.63, 3.8) is 0 Å². The van der Waals surface area contributed by atoms with Crippen LogP contribution in [-0.2, 0) is 14.3 Å². The fourth-order valence-corrected chi connectivity index (χ4v) is 10.2. The van der Waals surface area contributed by atoms with E-state index in [1.54, 1.807) is 0 Å². The second-order valence-corrected chi connectivity index (χ2v) is 21.5. The van der Waals surface area contributed by atoms with Gasteiger partial charge >= 0.3 is 0 Å². The van der Waals surface area contributed by atoms with Crippen LogP contribution in [0.3, 0.4) is 0 Å². The molecule has 1 aliphatic rings. The SMILES string of the molecule is CCCCCCCCCCCCCCCCCCCCCCCCCCCCCCCCCCCC(=O)NC(COC1OC(CO)C(O)C(O)C1O)C(O)CCCCCCCCCCCCCC. The Hall–Kier alpha value is -0.810. The third-order valence-electron chi connectivity index (χ3n) is 15.0. The van der Waals surface area contributed by atoms with E-state index in [4.69, 9.17) is 9.47 Å². The van der Waals surface area contributed by atoms with Crippen molar-refractivity contribution in [1.82, 2.24) is 5.32 Å². The van der Waals surface area contributed by atoms with Gasteiger partial charge in [-0.05, 0) is 12.8 Å². The Labute approximate surface area is 421 Å². The minimum absolute atomic E-state index is 0.131. The summed E-state index contributed by atoms with van der Waals surface area (Å²) >= 11 is 0. The van der Waals surface area contributed by atoms with Gasteiger partial charge < -0.3 is 40.3 Å². The normalized spacial score (nSPS) is 19.4. The topological polar surface area (TPSA) is 149 Å². The third-order valence-corrected chi connectivity index (χ3v) is 15.0. The van der Waals surface area contributed by atoms with Gasteiger partial charge in [0.25, 0.3) is 0 Å². The molecule has 0 aromatic rings. The molecule has 1 fully saturated rings. The Bertz CT molecular complexity index is 1030. The zero-order chi connectivity index (χ0) is 49.4. The van der Waals surface area contributed by atoms with Gasteiger partial charge in [0.15, 0.2) is 6.29 Å². The molecule has 1 aliphatic heterocycles. The minimum Gasteiger partial charge on any atom is -0.394 e. The van der Waals surface area contributed by atoms with Crippen LogP contribution in [0.1, 0.15) is 316 Å². The van der Waals surface area contributed by atoms with Gasteiger partial charge in [-0.1, -0.05) is 296 Å². The second kappa shape index (κ2) is 49.8. The fourth-order valence-electron chi connectivity index (χ4n) is 10.2. The maximum Gasteiger partial charge on any atom is 0.220 e. The first-order valence-electron chi connectivity index (χ1n) is 30.2. The van der Waals surface area contributed by atoms with Gasteiger partial charge in [0.05, 0.1) is 25.4 Å². The van der Waals surface area contributed by atoms with E-state index in [1.807, 2.05) is 0 Å². The number of carbonyl (C=O) groups excluding carboxylic acids is 1. The van der Waals surface area contributed by atoms with Crippen molar-refractivity contribution in [2.24, 2.45) is 0 Å². The van der Waals surface area contributed by atoms with Crippen LogP contribution >= 0.6 is 0 Å². The maximum atomic E-state index is 13.0. The van der Waals surface area contributed by atoms with Gasteiger partial charge in [-0.25, -0.2) is 0 Å².